The molecule has 2 atom stereocenters. The van der Waals surface area contributed by atoms with E-state index >= 15 is 0 Å². The van der Waals surface area contributed by atoms with Gasteiger partial charge >= 0.3 is 0 Å². The average Bonchev–Trinajstić information content (AvgIpc) is 3.06. The van der Waals surface area contributed by atoms with Crippen LogP contribution in [-0.2, 0) is 11.8 Å². The Balaban J connectivity index is 1.36. The van der Waals surface area contributed by atoms with Gasteiger partial charge in [0.15, 0.2) is 5.13 Å². The van der Waals surface area contributed by atoms with E-state index in [0.717, 1.165) is 44.2 Å². The predicted molar refractivity (Wildman–Crippen MR) is 89.6 cm³/mol. The van der Waals surface area contributed by atoms with Gasteiger partial charge in [0.05, 0.1) is 6.20 Å². The second kappa shape index (κ2) is 5.96. The Morgan fingerprint density at radius 3 is 2.96 bits per heavy atom. The first-order chi connectivity index (χ1) is 11.2. The molecule has 2 aromatic heterocycles. The predicted octanol–water partition coefficient (Wildman–Crippen LogP) is 1.72. The van der Waals surface area contributed by atoms with E-state index in [4.69, 9.17) is 0 Å². The molecule has 7 heteroatoms. The van der Waals surface area contributed by atoms with Crippen molar-refractivity contribution in [2.24, 2.45) is 13.0 Å². The van der Waals surface area contributed by atoms with Crippen LogP contribution in [-0.4, -0.2) is 51.8 Å². The van der Waals surface area contributed by atoms with Crippen molar-refractivity contribution in [3.63, 3.8) is 0 Å². The molecule has 2 aliphatic rings. The van der Waals surface area contributed by atoms with Crippen LogP contribution in [0.4, 0.5) is 5.13 Å². The minimum absolute atomic E-state index is 0.158. The summed E-state index contributed by atoms with van der Waals surface area (Å²) in [4.78, 5) is 21.5. The van der Waals surface area contributed by atoms with E-state index in [-0.39, 0.29) is 5.92 Å². The summed E-state index contributed by atoms with van der Waals surface area (Å²) in [6, 6.07) is 0. The average molecular weight is 331 g/mol. The highest BCUT2D eigenvalue weighted by molar-refractivity contribution is 7.13. The van der Waals surface area contributed by atoms with E-state index in [9.17, 15) is 4.79 Å². The molecule has 2 aromatic rings. The molecule has 2 fully saturated rings. The molecule has 1 saturated carbocycles. The van der Waals surface area contributed by atoms with Crippen LogP contribution in [0.2, 0.25) is 0 Å². The van der Waals surface area contributed by atoms with Crippen molar-refractivity contribution in [2.75, 3.05) is 31.1 Å². The summed E-state index contributed by atoms with van der Waals surface area (Å²) in [5.41, 5.74) is 1.20. The summed E-state index contributed by atoms with van der Waals surface area (Å²) in [5, 5.41) is 7.29. The number of thiazole rings is 1. The number of rotatable bonds is 3. The molecular weight excluding hydrogens is 310 g/mol. The van der Waals surface area contributed by atoms with Gasteiger partial charge in [0.1, 0.15) is 0 Å². The van der Waals surface area contributed by atoms with Crippen LogP contribution in [0.15, 0.2) is 24.0 Å². The maximum Gasteiger partial charge on any atom is 0.226 e. The van der Waals surface area contributed by atoms with E-state index in [2.05, 4.69) is 19.9 Å². The van der Waals surface area contributed by atoms with Gasteiger partial charge < -0.3 is 9.80 Å². The number of hydrogen-bond acceptors (Lipinski definition) is 5. The molecular formula is C16H21N5OS. The number of hydrogen-bond donors (Lipinski definition) is 0. The van der Waals surface area contributed by atoms with Crippen molar-refractivity contribution in [3.8, 4) is 0 Å². The number of carbonyl (C=O) groups excluding carboxylic acids is 1. The molecule has 1 aliphatic carbocycles. The molecule has 0 spiro atoms. The summed E-state index contributed by atoms with van der Waals surface area (Å²) in [6.07, 6.45) is 7.75. The summed E-state index contributed by atoms with van der Waals surface area (Å²) >= 11 is 1.67. The standard InChI is InChI=1S/C16H21N5OS/c1-19-11-12(10-18-19)13-9-14(13)15(22)20-4-2-5-21(7-6-20)16-17-3-8-23-16/h3,8,10-11,13-14H,2,4-7,9H2,1H3/t13-,14-/m0/s1. The summed E-state index contributed by atoms with van der Waals surface area (Å²) in [7, 11) is 1.92. The van der Waals surface area contributed by atoms with Crippen LogP contribution < -0.4 is 4.90 Å². The number of anilines is 1. The third-order valence-electron chi connectivity index (χ3n) is 4.76. The molecule has 23 heavy (non-hydrogen) atoms. The molecule has 3 heterocycles. The Labute approximate surface area is 139 Å². The van der Waals surface area contributed by atoms with Gasteiger partial charge in [-0.15, -0.1) is 11.3 Å². The Morgan fingerprint density at radius 2 is 2.22 bits per heavy atom. The maximum atomic E-state index is 12.8. The Kier molecular flexibility index (Phi) is 3.80. The largest absolute Gasteiger partial charge is 0.346 e. The van der Waals surface area contributed by atoms with Gasteiger partial charge in [0.25, 0.3) is 0 Å². The first-order valence-corrected chi connectivity index (χ1v) is 9.02. The summed E-state index contributed by atoms with van der Waals surface area (Å²) in [5.74, 6) is 0.847. The molecule has 6 nitrogen and oxygen atoms in total. The molecule has 0 N–H and O–H groups in total. The zero-order valence-electron chi connectivity index (χ0n) is 13.3. The van der Waals surface area contributed by atoms with Crippen molar-refractivity contribution < 1.29 is 4.79 Å². The van der Waals surface area contributed by atoms with Crippen molar-refractivity contribution in [1.82, 2.24) is 19.7 Å². The molecule has 0 radical (unpaired) electrons. The van der Waals surface area contributed by atoms with Gasteiger partial charge in [0.2, 0.25) is 5.91 Å². The first kappa shape index (κ1) is 14.7. The number of nitrogens with zero attached hydrogens (tertiary/aromatic N) is 5. The molecule has 4 rings (SSSR count). The van der Waals surface area contributed by atoms with E-state index in [1.807, 2.05) is 35.7 Å². The van der Waals surface area contributed by atoms with Crippen molar-refractivity contribution in [1.29, 1.82) is 0 Å². The third-order valence-corrected chi connectivity index (χ3v) is 5.59. The lowest BCUT2D eigenvalue weighted by Crippen LogP contribution is -2.36. The molecule has 0 unspecified atom stereocenters. The fraction of sp³-hybridized carbons (Fsp3) is 0.562. The van der Waals surface area contributed by atoms with Crippen LogP contribution in [0.5, 0.6) is 0 Å². The lowest BCUT2D eigenvalue weighted by molar-refractivity contribution is -0.132. The minimum Gasteiger partial charge on any atom is -0.346 e. The van der Waals surface area contributed by atoms with E-state index < -0.39 is 0 Å². The molecule has 122 valence electrons. The van der Waals surface area contributed by atoms with Crippen LogP contribution in [0, 0.1) is 5.92 Å². The zero-order chi connectivity index (χ0) is 15.8. The van der Waals surface area contributed by atoms with Crippen molar-refractivity contribution in [2.45, 2.75) is 18.8 Å². The molecule has 1 aliphatic heterocycles. The van der Waals surface area contributed by atoms with Gasteiger partial charge in [-0.25, -0.2) is 4.98 Å². The second-order valence-corrected chi connectivity index (χ2v) is 7.25. The van der Waals surface area contributed by atoms with Crippen molar-refractivity contribution >= 4 is 22.4 Å². The first-order valence-electron chi connectivity index (χ1n) is 8.14. The Morgan fingerprint density at radius 1 is 1.30 bits per heavy atom. The molecule has 0 aromatic carbocycles. The SMILES string of the molecule is Cn1cc([C@@H]2C[C@@H]2C(=O)N2CCCN(c3nccs3)CC2)cn1. The highest BCUT2D eigenvalue weighted by atomic mass is 32.1. The third kappa shape index (κ3) is 2.97. The normalized spacial score (nSPS) is 24.6. The molecule has 0 bridgehead atoms. The van der Waals surface area contributed by atoms with Crippen LogP contribution in [0.3, 0.4) is 0 Å². The molecule has 1 amide bonds. The molecule has 1 saturated heterocycles. The quantitative estimate of drug-likeness (QED) is 0.859. The van der Waals surface area contributed by atoms with Crippen LogP contribution >= 0.6 is 11.3 Å². The minimum atomic E-state index is 0.158. The van der Waals surface area contributed by atoms with Gasteiger partial charge in [-0.2, -0.15) is 5.10 Å². The van der Waals surface area contributed by atoms with Gasteiger partial charge in [-0.05, 0) is 24.3 Å². The fourth-order valence-corrected chi connectivity index (χ4v) is 4.10. The lowest BCUT2D eigenvalue weighted by Gasteiger charge is -2.21. The highest BCUT2D eigenvalue weighted by Gasteiger charge is 2.46. The zero-order valence-corrected chi connectivity index (χ0v) is 14.1. The highest BCUT2D eigenvalue weighted by Crippen LogP contribution is 2.48. The van der Waals surface area contributed by atoms with E-state index in [1.165, 1.54) is 5.56 Å². The number of carbonyl (C=O) groups is 1. The van der Waals surface area contributed by atoms with E-state index in [0.29, 0.717) is 11.8 Å². The smallest absolute Gasteiger partial charge is 0.226 e. The summed E-state index contributed by atoms with van der Waals surface area (Å²) < 4.78 is 1.81. The van der Waals surface area contributed by atoms with Crippen LogP contribution in [0.25, 0.3) is 0 Å². The number of amides is 1. The van der Waals surface area contributed by atoms with Crippen molar-refractivity contribution in [3.05, 3.63) is 29.5 Å². The van der Waals surface area contributed by atoms with E-state index in [1.54, 1.807) is 11.3 Å². The fourth-order valence-electron chi connectivity index (χ4n) is 3.40. The van der Waals surface area contributed by atoms with Gasteiger partial charge in [-0.1, -0.05) is 0 Å². The number of aromatic nitrogens is 3. The second-order valence-electron chi connectivity index (χ2n) is 6.38. The number of aryl methyl sites for hydroxylation is 1. The summed E-state index contributed by atoms with van der Waals surface area (Å²) in [6.45, 7) is 3.52. The van der Waals surface area contributed by atoms with Gasteiger partial charge in [-0.3, -0.25) is 9.48 Å². The Bertz CT molecular complexity index is 682. The topological polar surface area (TPSA) is 54.3 Å². The van der Waals surface area contributed by atoms with Gasteiger partial charge in [0, 0.05) is 56.9 Å². The Hall–Kier alpha value is -1.89. The van der Waals surface area contributed by atoms with Crippen LogP contribution in [0.1, 0.15) is 24.3 Å². The monoisotopic (exact) mass is 331 g/mol. The maximum absolute atomic E-state index is 12.8. The lowest BCUT2D eigenvalue weighted by atomic mass is 10.2.